The van der Waals surface area contributed by atoms with Gasteiger partial charge in [0.05, 0.1) is 34.0 Å². The number of para-hydroxylation sites is 1. The Hall–Kier alpha value is -3.02. The number of hydrogen-bond donors (Lipinski definition) is 0. The van der Waals surface area contributed by atoms with Crippen molar-refractivity contribution in [1.82, 2.24) is 9.88 Å². The van der Waals surface area contributed by atoms with Gasteiger partial charge in [-0.05, 0) is 67.4 Å². The van der Waals surface area contributed by atoms with Crippen LogP contribution in [0.15, 0.2) is 71.6 Å². The largest absolute Gasteiger partial charge is 0.379 e. The molecule has 2 heterocycles. The van der Waals surface area contributed by atoms with Gasteiger partial charge in [-0.25, -0.2) is 13.4 Å². The third-order valence-corrected chi connectivity index (χ3v) is 10.00. The fraction of sp³-hybridized carbons (Fsp3) is 0.310. The van der Waals surface area contributed by atoms with E-state index in [1.54, 1.807) is 41.3 Å². The molecule has 0 spiro atoms. The number of halogens is 1. The highest BCUT2D eigenvalue weighted by Gasteiger charge is 2.25. The molecule has 0 saturated carbocycles. The number of rotatable bonds is 9. The van der Waals surface area contributed by atoms with Crippen LogP contribution >= 0.6 is 22.9 Å². The molecule has 0 radical (unpaired) electrons. The van der Waals surface area contributed by atoms with Crippen LogP contribution in [-0.2, 0) is 14.8 Å². The van der Waals surface area contributed by atoms with Crippen molar-refractivity contribution in [2.75, 3.05) is 55.6 Å². The topological polar surface area (TPSA) is 83.0 Å². The maximum absolute atomic E-state index is 13.8. The molecule has 1 amide bonds. The minimum absolute atomic E-state index is 0.111. The van der Waals surface area contributed by atoms with Crippen molar-refractivity contribution in [3.8, 4) is 0 Å². The van der Waals surface area contributed by atoms with Crippen molar-refractivity contribution in [3.63, 3.8) is 0 Å². The highest BCUT2D eigenvalue weighted by atomic mass is 35.5. The minimum Gasteiger partial charge on any atom is -0.379 e. The van der Waals surface area contributed by atoms with E-state index in [4.69, 9.17) is 21.3 Å². The Bertz CT molecular complexity index is 1590. The molecule has 1 saturated heterocycles. The number of anilines is 2. The minimum atomic E-state index is -3.79. The van der Waals surface area contributed by atoms with E-state index in [0.29, 0.717) is 27.9 Å². The van der Waals surface area contributed by atoms with Crippen LogP contribution in [0.5, 0.6) is 0 Å². The lowest BCUT2D eigenvalue weighted by atomic mass is 10.2. The lowest BCUT2D eigenvalue weighted by Crippen LogP contribution is -2.39. The van der Waals surface area contributed by atoms with Gasteiger partial charge >= 0.3 is 0 Å². The van der Waals surface area contributed by atoms with E-state index in [-0.39, 0.29) is 10.8 Å². The van der Waals surface area contributed by atoms with Crippen molar-refractivity contribution in [3.05, 3.63) is 82.9 Å². The molecule has 0 bridgehead atoms. The molecule has 5 rings (SSSR count). The zero-order valence-electron chi connectivity index (χ0n) is 22.4. The third kappa shape index (κ3) is 6.16. The van der Waals surface area contributed by atoms with Crippen LogP contribution in [0.4, 0.5) is 10.8 Å². The Labute approximate surface area is 243 Å². The summed E-state index contributed by atoms with van der Waals surface area (Å²) >= 11 is 7.71. The molecule has 0 atom stereocenters. The number of aryl methyl sites for hydroxylation is 1. The van der Waals surface area contributed by atoms with E-state index < -0.39 is 10.0 Å². The van der Waals surface area contributed by atoms with Crippen molar-refractivity contribution >= 4 is 59.9 Å². The normalized spacial score (nSPS) is 14.4. The number of ether oxygens (including phenoxy) is 1. The summed E-state index contributed by atoms with van der Waals surface area (Å²) in [7, 11) is -2.27. The van der Waals surface area contributed by atoms with Crippen LogP contribution in [0, 0.1) is 6.92 Å². The summed E-state index contributed by atoms with van der Waals surface area (Å²) < 4.78 is 34.0. The van der Waals surface area contributed by atoms with Gasteiger partial charge in [-0.3, -0.25) is 18.9 Å². The van der Waals surface area contributed by atoms with Gasteiger partial charge in [-0.15, -0.1) is 0 Å². The molecule has 3 aromatic carbocycles. The van der Waals surface area contributed by atoms with Gasteiger partial charge in [0.2, 0.25) is 0 Å². The van der Waals surface area contributed by atoms with Crippen LogP contribution in [0.2, 0.25) is 5.02 Å². The highest BCUT2D eigenvalue weighted by Crippen LogP contribution is 2.34. The predicted molar refractivity (Wildman–Crippen MR) is 161 cm³/mol. The molecule has 1 aromatic heterocycles. The number of benzene rings is 3. The van der Waals surface area contributed by atoms with Gasteiger partial charge in [0.1, 0.15) is 0 Å². The number of morpholine rings is 1. The monoisotopic (exact) mass is 598 g/mol. The molecule has 0 unspecified atom stereocenters. The average molecular weight is 599 g/mol. The van der Waals surface area contributed by atoms with Crippen molar-refractivity contribution in [2.45, 2.75) is 18.2 Å². The summed E-state index contributed by atoms with van der Waals surface area (Å²) in [6.45, 7) is 6.45. The molecule has 1 aliphatic rings. The summed E-state index contributed by atoms with van der Waals surface area (Å²) in [5, 5.41) is 1.22. The summed E-state index contributed by atoms with van der Waals surface area (Å²) in [6.07, 6.45) is 0.760. The van der Waals surface area contributed by atoms with E-state index in [9.17, 15) is 13.2 Å². The Balaban J connectivity index is 1.40. The molecule has 0 N–H and O–H groups in total. The number of carbonyl (C=O) groups excluding carboxylic acids is 1. The van der Waals surface area contributed by atoms with Gasteiger partial charge in [-0.2, -0.15) is 0 Å². The molecule has 0 aliphatic carbocycles. The fourth-order valence-electron chi connectivity index (χ4n) is 4.68. The zero-order chi connectivity index (χ0) is 28.3. The third-order valence-electron chi connectivity index (χ3n) is 6.95. The van der Waals surface area contributed by atoms with E-state index in [2.05, 4.69) is 4.90 Å². The van der Waals surface area contributed by atoms with Gasteiger partial charge in [0.15, 0.2) is 5.13 Å². The van der Waals surface area contributed by atoms with Crippen LogP contribution in [0.1, 0.15) is 22.3 Å². The smallest absolute Gasteiger partial charge is 0.264 e. The van der Waals surface area contributed by atoms with Gasteiger partial charge in [-0.1, -0.05) is 41.1 Å². The number of fused-ring (bicyclic) bond motifs is 1. The fourth-order valence-corrected chi connectivity index (χ4v) is 7.32. The van der Waals surface area contributed by atoms with Crippen LogP contribution in [-0.4, -0.2) is 70.6 Å². The SMILES string of the molecule is Cc1cc(Cl)cc2sc(N(CCCN3CCOCC3)C(=O)c3ccc(S(=O)(=O)N(C)c4ccccc4)cc3)nc12. The number of amides is 1. The number of nitrogens with zero attached hydrogens (tertiary/aromatic N) is 4. The molecule has 1 aliphatic heterocycles. The number of aromatic nitrogens is 1. The molecule has 11 heteroatoms. The maximum atomic E-state index is 13.8. The first-order valence-electron chi connectivity index (χ1n) is 13.1. The summed E-state index contributed by atoms with van der Waals surface area (Å²) in [5.41, 5.74) is 2.71. The molecule has 1 fully saturated rings. The second-order valence-electron chi connectivity index (χ2n) is 9.66. The second-order valence-corrected chi connectivity index (χ2v) is 13.1. The van der Waals surface area contributed by atoms with Gasteiger partial charge in [0, 0.05) is 43.8 Å². The number of hydrogen-bond acceptors (Lipinski definition) is 7. The first-order chi connectivity index (χ1) is 19.2. The summed E-state index contributed by atoms with van der Waals surface area (Å²) in [4.78, 5) is 22.8. The van der Waals surface area contributed by atoms with Crippen LogP contribution < -0.4 is 9.21 Å². The van der Waals surface area contributed by atoms with Gasteiger partial charge < -0.3 is 4.74 Å². The predicted octanol–water partition coefficient (Wildman–Crippen LogP) is 5.45. The van der Waals surface area contributed by atoms with Crippen LogP contribution in [0.3, 0.4) is 0 Å². The highest BCUT2D eigenvalue weighted by molar-refractivity contribution is 7.92. The molecule has 40 heavy (non-hydrogen) atoms. The van der Waals surface area contributed by atoms with E-state index in [0.717, 1.165) is 55.0 Å². The average Bonchev–Trinajstić information content (AvgIpc) is 3.40. The number of thiazole rings is 1. The Kier molecular flexibility index (Phi) is 8.72. The number of sulfonamides is 1. The Morgan fingerprint density at radius 3 is 2.48 bits per heavy atom. The van der Waals surface area contributed by atoms with E-state index in [1.807, 2.05) is 25.1 Å². The second kappa shape index (κ2) is 12.2. The first-order valence-corrected chi connectivity index (χ1v) is 15.7. The van der Waals surface area contributed by atoms with Crippen molar-refractivity contribution in [2.24, 2.45) is 0 Å². The Morgan fingerprint density at radius 2 is 1.77 bits per heavy atom. The lowest BCUT2D eigenvalue weighted by molar-refractivity contribution is 0.0376. The van der Waals surface area contributed by atoms with Crippen molar-refractivity contribution in [1.29, 1.82) is 0 Å². The molecular weight excluding hydrogens is 568 g/mol. The maximum Gasteiger partial charge on any atom is 0.264 e. The van der Waals surface area contributed by atoms with Crippen molar-refractivity contribution < 1.29 is 17.9 Å². The summed E-state index contributed by atoms with van der Waals surface area (Å²) in [6, 6.07) is 18.7. The Morgan fingerprint density at radius 1 is 1.07 bits per heavy atom. The van der Waals surface area contributed by atoms with Crippen LogP contribution in [0.25, 0.3) is 10.2 Å². The zero-order valence-corrected chi connectivity index (χ0v) is 24.8. The molecule has 8 nitrogen and oxygen atoms in total. The van der Waals surface area contributed by atoms with E-state index >= 15 is 0 Å². The van der Waals surface area contributed by atoms with E-state index in [1.165, 1.54) is 34.8 Å². The molecule has 4 aromatic rings. The molecule has 210 valence electrons. The first kappa shape index (κ1) is 28.5. The molecular formula is C29H31ClN4O4S2. The summed E-state index contributed by atoms with van der Waals surface area (Å²) in [5.74, 6) is -0.231. The standard InChI is InChI=1S/C29H31ClN4O4S2/c1-21-19-23(30)20-26-27(21)31-29(39-26)34(14-6-13-33-15-17-38-18-16-33)28(35)22-9-11-25(12-10-22)40(36,37)32(2)24-7-4-3-5-8-24/h3-5,7-12,19-20H,6,13-18H2,1-2H3. The number of carbonyl (C=O) groups is 1. The quantitative estimate of drug-likeness (QED) is 0.255. The van der Waals surface area contributed by atoms with Gasteiger partial charge in [0.25, 0.3) is 15.9 Å². The lowest BCUT2D eigenvalue weighted by Gasteiger charge is -2.27.